The number of alkyl halides is 2. The molecule has 1 aliphatic carbocycles. The summed E-state index contributed by atoms with van der Waals surface area (Å²) in [5, 5.41) is 16.6. The maximum atomic E-state index is 14.0. The molecule has 1 saturated carbocycles. The molecule has 250 valence electrons. The predicted molar refractivity (Wildman–Crippen MR) is 166 cm³/mol. The third kappa shape index (κ3) is 7.37. The smallest absolute Gasteiger partial charge is 0.255 e. The fourth-order valence-electron chi connectivity index (χ4n) is 7.11. The van der Waals surface area contributed by atoms with Gasteiger partial charge >= 0.3 is 0 Å². The zero-order valence-corrected chi connectivity index (χ0v) is 26.6. The van der Waals surface area contributed by atoms with Gasteiger partial charge in [-0.05, 0) is 67.5 Å². The first-order valence-corrected chi connectivity index (χ1v) is 17.9. The SMILES string of the molecule is CS(=O)(=O)c1ccc(-c2ccc3c(c2)OCC[C@@H]2CC[C@H](O)[C@@H](CNC(=O)[C@@H]4C[C@@H](CN4C4CCC(F)(F)CC4)NC3=O)O2)cc1. The molecule has 2 saturated heterocycles. The Morgan fingerprint density at radius 3 is 2.41 bits per heavy atom. The molecule has 0 spiro atoms. The van der Waals surface area contributed by atoms with Crippen molar-refractivity contribution in [2.45, 2.75) is 98.6 Å². The van der Waals surface area contributed by atoms with Crippen LogP contribution in [0.25, 0.3) is 11.1 Å². The van der Waals surface area contributed by atoms with Gasteiger partial charge in [-0.2, -0.15) is 0 Å². The molecule has 10 nitrogen and oxygen atoms in total. The number of hydrogen-bond donors (Lipinski definition) is 3. The van der Waals surface area contributed by atoms with E-state index in [9.17, 15) is 31.9 Å². The van der Waals surface area contributed by atoms with Crippen LogP contribution in [0.1, 0.15) is 61.7 Å². The number of fused-ring (bicyclic) bond motifs is 5. The number of halogens is 2. The van der Waals surface area contributed by atoms with Crippen LogP contribution in [0, 0.1) is 0 Å². The molecule has 6 rings (SSSR count). The highest BCUT2D eigenvalue weighted by atomic mass is 32.2. The summed E-state index contributed by atoms with van der Waals surface area (Å²) >= 11 is 0. The second-order valence-corrected chi connectivity index (χ2v) is 15.1. The van der Waals surface area contributed by atoms with Gasteiger partial charge < -0.3 is 25.2 Å². The average Bonchev–Trinajstić information content (AvgIpc) is 3.43. The lowest BCUT2D eigenvalue weighted by atomic mass is 9.90. The van der Waals surface area contributed by atoms with Crippen LogP contribution in [0.4, 0.5) is 8.78 Å². The second kappa shape index (κ2) is 13.2. The van der Waals surface area contributed by atoms with E-state index in [0.717, 1.165) is 17.4 Å². The first-order chi connectivity index (χ1) is 21.9. The molecule has 0 unspecified atom stereocenters. The third-order valence-corrected chi connectivity index (χ3v) is 10.9. The predicted octanol–water partition coefficient (Wildman–Crippen LogP) is 3.31. The molecule has 2 aromatic rings. The summed E-state index contributed by atoms with van der Waals surface area (Å²) in [5.74, 6) is -3.01. The quantitative estimate of drug-likeness (QED) is 0.457. The Kier molecular flexibility index (Phi) is 9.39. The van der Waals surface area contributed by atoms with Crippen LogP contribution in [0.5, 0.6) is 5.75 Å². The fourth-order valence-corrected chi connectivity index (χ4v) is 7.74. The lowest BCUT2D eigenvalue weighted by molar-refractivity contribution is -0.134. The summed E-state index contributed by atoms with van der Waals surface area (Å²) in [6, 6.07) is 10.4. The Bertz CT molecular complexity index is 1540. The van der Waals surface area contributed by atoms with Gasteiger partial charge in [0.15, 0.2) is 9.84 Å². The van der Waals surface area contributed by atoms with Gasteiger partial charge in [0.2, 0.25) is 11.8 Å². The van der Waals surface area contributed by atoms with Crippen molar-refractivity contribution in [2.75, 3.05) is 26.0 Å². The fraction of sp³-hybridized carbons (Fsp3) is 0.576. The molecule has 0 radical (unpaired) electrons. The monoisotopic (exact) mass is 661 g/mol. The van der Waals surface area contributed by atoms with Crippen molar-refractivity contribution >= 4 is 21.7 Å². The van der Waals surface area contributed by atoms with E-state index in [0.29, 0.717) is 43.5 Å². The van der Waals surface area contributed by atoms with Gasteiger partial charge in [-0.1, -0.05) is 18.2 Å². The molecule has 2 aromatic carbocycles. The van der Waals surface area contributed by atoms with E-state index in [4.69, 9.17) is 9.47 Å². The number of likely N-dealkylation sites (tertiary alicyclic amines) is 1. The number of rotatable bonds is 3. The molecule has 2 amide bonds. The van der Waals surface area contributed by atoms with Crippen LogP contribution in [-0.4, -0.2) is 98.6 Å². The first kappa shape index (κ1) is 32.8. The Labute approximate surface area is 267 Å². The molecular weight excluding hydrogens is 620 g/mol. The largest absolute Gasteiger partial charge is 0.493 e. The summed E-state index contributed by atoms with van der Waals surface area (Å²) < 4.78 is 64.2. The highest BCUT2D eigenvalue weighted by Crippen LogP contribution is 2.38. The van der Waals surface area contributed by atoms with E-state index < -0.39 is 40.1 Å². The molecule has 3 N–H and O–H groups in total. The number of sulfone groups is 1. The standard InChI is InChI=1S/C33H41F2N3O7S/c1-46(42,43)25-6-2-20(3-7-25)21-4-8-26-29(16-21)44-15-12-24-5-9-28(39)30(45-24)18-36-32(41)27-17-22(37-31(26)40)19-38(27)23-10-13-33(34,35)14-11-23/h2-4,6-8,16,22-24,27-28,30,39H,5,9-15,17-19H2,1H3,(H,36,41)(H,37,40)/t22-,24-,27-,28-,30+/m0/s1. The minimum Gasteiger partial charge on any atom is -0.493 e. The maximum Gasteiger partial charge on any atom is 0.255 e. The van der Waals surface area contributed by atoms with Gasteiger partial charge in [0, 0.05) is 50.7 Å². The Balaban J connectivity index is 1.29. The number of aliphatic hydroxyl groups excluding tert-OH is 1. The van der Waals surface area contributed by atoms with Crippen molar-refractivity contribution in [3.05, 3.63) is 48.0 Å². The van der Waals surface area contributed by atoms with Crippen molar-refractivity contribution in [3.8, 4) is 16.9 Å². The highest BCUT2D eigenvalue weighted by molar-refractivity contribution is 7.90. The number of amides is 2. The average molecular weight is 662 g/mol. The molecule has 5 atom stereocenters. The van der Waals surface area contributed by atoms with Crippen LogP contribution in [0.15, 0.2) is 47.4 Å². The van der Waals surface area contributed by atoms with Crippen LogP contribution in [0.2, 0.25) is 0 Å². The molecule has 3 heterocycles. The number of nitrogens with zero attached hydrogens (tertiary/aromatic N) is 1. The lowest BCUT2D eigenvalue weighted by Crippen LogP contribution is -2.52. The van der Waals surface area contributed by atoms with Crippen LogP contribution in [-0.2, 0) is 19.4 Å². The van der Waals surface area contributed by atoms with E-state index in [2.05, 4.69) is 10.6 Å². The molecule has 0 aromatic heterocycles. The van der Waals surface area contributed by atoms with Crippen LogP contribution >= 0.6 is 0 Å². The zero-order chi connectivity index (χ0) is 32.6. The van der Waals surface area contributed by atoms with Crippen LogP contribution in [0.3, 0.4) is 0 Å². The highest BCUT2D eigenvalue weighted by Gasteiger charge is 2.45. The van der Waals surface area contributed by atoms with Crippen molar-refractivity contribution in [3.63, 3.8) is 0 Å². The van der Waals surface area contributed by atoms with E-state index in [1.54, 1.807) is 30.3 Å². The Hall–Kier alpha value is -3.13. The van der Waals surface area contributed by atoms with Gasteiger partial charge in [0.25, 0.3) is 5.91 Å². The van der Waals surface area contributed by atoms with Crippen LogP contribution < -0.4 is 15.4 Å². The van der Waals surface area contributed by atoms with Gasteiger partial charge in [-0.15, -0.1) is 0 Å². The molecular formula is C33H41F2N3O7S. The minimum absolute atomic E-state index is 0.117. The molecule has 46 heavy (non-hydrogen) atoms. The normalized spacial score (nSPS) is 29.7. The van der Waals surface area contributed by atoms with E-state index in [1.165, 1.54) is 12.1 Å². The summed E-state index contributed by atoms with van der Waals surface area (Å²) in [6.45, 7) is 0.694. The number of benzene rings is 2. The summed E-state index contributed by atoms with van der Waals surface area (Å²) in [5.41, 5.74) is 1.78. The molecule has 13 heteroatoms. The zero-order valence-electron chi connectivity index (χ0n) is 25.8. The number of nitrogens with one attached hydrogen (secondary N) is 2. The van der Waals surface area contributed by atoms with Crippen molar-refractivity contribution in [1.29, 1.82) is 0 Å². The van der Waals surface area contributed by atoms with Gasteiger partial charge in [-0.3, -0.25) is 14.5 Å². The number of carbonyl (C=O) groups excluding carboxylic acids is 2. The van der Waals surface area contributed by atoms with Crippen molar-refractivity contribution < 1.29 is 41.4 Å². The van der Waals surface area contributed by atoms with Gasteiger partial charge in [-0.25, -0.2) is 17.2 Å². The number of ether oxygens (including phenoxy) is 2. The second-order valence-electron chi connectivity index (χ2n) is 13.0. The topological polar surface area (TPSA) is 134 Å². The van der Waals surface area contributed by atoms with Crippen molar-refractivity contribution in [1.82, 2.24) is 15.5 Å². The molecule has 3 aliphatic heterocycles. The Morgan fingerprint density at radius 1 is 0.978 bits per heavy atom. The number of aliphatic hydroxyl groups is 1. The van der Waals surface area contributed by atoms with E-state index >= 15 is 0 Å². The first-order valence-electron chi connectivity index (χ1n) is 16.0. The van der Waals surface area contributed by atoms with E-state index in [-0.39, 0.29) is 67.7 Å². The van der Waals surface area contributed by atoms with Gasteiger partial charge in [0.05, 0.1) is 35.3 Å². The molecule has 4 bridgehead atoms. The molecule has 4 aliphatic rings. The lowest BCUT2D eigenvalue weighted by Gasteiger charge is -2.38. The van der Waals surface area contributed by atoms with E-state index in [1.807, 2.05) is 4.90 Å². The minimum atomic E-state index is -3.36. The summed E-state index contributed by atoms with van der Waals surface area (Å²) in [7, 11) is -3.36. The van der Waals surface area contributed by atoms with Crippen molar-refractivity contribution in [2.24, 2.45) is 0 Å². The maximum absolute atomic E-state index is 14.0. The molecule has 3 fully saturated rings. The Morgan fingerprint density at radius 2 is 1.70 bits per heavy atom. The number of carbonyl (C=O) groups is 2. The summed E-state index contributed by atoms with van der Waals surface area (Å²) in [4.78, 5) is 29.4. The third-order valence-electron chi connectivity index (χ3n) is 9.73. The van der Waals surface area contributed by atoms with Gasteiger partial charge in [0.1, 0.15) is 11.9 Å². The number of hydrogen-bond acceptors (Lipinski definition) is 8. The summed E-state index contributed by atoms with van der Waals surface area (Å²) in [6.07, 6.45) is 1.55.